The molecule has 1 heterocycles. The molecular formula is C14H9FN2O. The van der Waals surface area contributed by atoms with Crippen LogP contribution in [0.4, 0.5) is 4.39 Å². The summed E-state index contributed by atoms with van der Waals surface area (Å²) >= 11 is 0. The molecule has 0 amide bonds. The second kappa shape index (κ2) is 4.07. The molecule has 88 valence electrons. The lowest BCUT2D eigenvalue weighted by atomic mass is 10.1. The topological polar surface area (TPSA) is 45.8 Å². The molecule has 3 rings (SSSR count). The zero-order chi connectivity index (χ0) is 12.5. The van der Waals surface area contributed by atoms with Crippen molar-refractivity contribution in [2.45, 2.75) is 0 Å². The highest BCUT2D eigenvalue weighted by Gasteiger charge is 2.07. The summed E-state index contributed by atoms with van der Waals surface area (Å²) < 4.78 is 13.2. The Morgan fingerprint density at radius 1 is 1.06 bits per heavy atom. The molecule has 0 saturated heterocycles. The molecule has 0 aliphatic heterocycles. The lowest BCUT2D eigenvalue weighted by Gasteiger charge is -2.05. The van der Waals surface area contributed by atoms with E-state index in [0.717, 1.165) is 10.9 Å². The Bertz CT molecular complexity index is 766. The predicted octanol–water partition coefficient (Wildman–Crippen LogP) is 2.73. The lowest BCUT2D eigenvalue weighted by molar-refractivity contribution is 0.629. The minimum atomic E-state index is -0.480. The number of hydrogen-bond acceptors (Lipinski definition) is 2. The van der Waals surface area contributed by atoms with Crippen LogP contribution in [-0.2, 0) is 0 Å². The van der Waals surface area contributed by atoms with Crippen LogP contribution in [0.15, 0.2) is 53.3 Å². The van der Waals surface area contributed by atoms with Gasteiger partial charge < -0.3 is 4.98 Å². The van der Waals surface area contributed by atoms with E-state index in [1.807, 2.05) is 30.3 Å². The fraction of sp³-hybridized carbons (Fsp3) is 0. The van der Waals surface area contributed by atoms with Gasteiger partial charge in [-0.2, -0.15) is 4.98 Å². The summed E-state index contributed by atoms with van der Waals surface area (Å²) in [5.41, 5.74) is 1.37. The quantitative estimate of drug-likeness (QED) is 0.710. The molecule has 0 spiro atoms. The number of nitrogens with one attached hydrogen (secondary N) is 1. The molecule has 0 saturated carbocycles. The summed E-state index contributed by atoms with van der Waals surface area (Å²) in [4.78, 5) is 18.0. The van der Waals surface area contributed by atoms with Crippen LogP contribution >= 0.6 is 0 Å². The molecule has 0 bridgehead atoms. The highest BCUT2D eigenvalue weighted by Crippen LogP contribution is 2.24. The first-order chi connectivity index (χ1) is 8.74. The van der Waals surface area contributed by atoms with E-state index in [-0.39, 0.29) is 5.82 Å². The SMILES string of the molecule is O=c1nc(-c2ccccc2)c2ccc(F)cc2[nH]1. The van der Waals surface area contributed by atoms with Crippen molar-refractivity contribution in [1.29, 1.82) is 0 Å². The smallest absolute Gasteiger partial charge is 0.305 e. The van der Waals surface area contributed by atoms with Crippen LogP contribution in [-0.4, -0.2) is 9.97 Å². The molecule has 4 heteroatoms. The second-order valence-corrected chi connectivity index (χ2v) is 3.95. The highest BCUT2D eigenvalue weighted by atomic mass is 19.1. The highest BCUT2D eigenvalue weighted by molar-refractivity contribution is 5.91. The number of nitrogens with zero attached hydrogens (tertiary/aromatic N) is 1. The van der Waals surface area contributed by atoms with E-state index in [1.165, 1.54) is 12.1 Å². The number of hydrogen-bond donors (Lipinski definition) is 1. The number of halogens is 1. The maximum Gasteiger partial charge on any atom is 0.345 e. The average molecular weight is 240 g/mol. The van der Waals surface area contributed by atoms with E-state index in [0.29, 0.717) is 11.2 Å². The van der Waals surface area contributed by atoms with E-state index < -0.39 is 5.69 Å². The number of aromatic amines is 1. The normalized spacial score (nSPS) is 10.7. The number of H-pyrrole nitrogens is 1. The Morgan fingerprint density at radius 3 is 2.61 bits per heavy atom. The van der Waals surface area contributed by atoms with Crippen molar-refractivity contribution in [2.24, 2.45) is 0 Å². The average Bonchev–Trinajstić information content (AvgIpc) is 2.38. The van der Waals surface area contributed by atoms with E-state index >= 15 is 0 Å². The summed E-state index contributed by atoms with van der Waals surface area (Å²) in [6, 6.07) is 13.6. The fourth-order valence-corrected chi connectivity index (χ4v) is 1.95. The van der Waals surface area contributed by atoms with Gasteiger partial charge in [0.25, 0.3) is 0 Å². The fourth-order valence-electron chi connectivity index (χ4n) is 1.95. The van der Waals surface area contributed by atoms with Gasteiger partial charge in [0.15, 0.2) is 0 Å². The number of aromatic nitrogens is 2. The summed E-state index contributed by atoms with van der Waals surface area (Å²) in [7, 11) is 0. The Balaban J connectivity index is 2.39. The van der Waals surface area contributed by atoms with Gasteiger partial charge in [0.2, 0.25) is 0 Å². The van der Waals surface area contributed by atoms with Crippen molar-refractivity contribution in [3.05, 3.63) is 64.8 Å². The van der Waals surface area contributed by atoms with Crippen molar-refractivity contribution >= 4 is 10.9 Å². The minimum Gasteiger partial charge on any atom is -0.305 e. The summed E-state index contributed by atoms with van der Waals surface area (Å²) in [5, 5.41) is 0.724. The first kappa shape index (κ1) is 10.7. The van der Waals surface area contributed by atoms with Gasteiger partial charge in [0.1, 0.15) is 5.82 Å². The standard InChI is InChI=1S/C14H9FN2O/c15-10-6-7-11-12(8-10)16-14(18)17-13(11)9-4-2-1-3-5-9/h1-8H,(H,16,17,18). The third kappa shape index (κ3) is 1.78. The molecule has 0 atom stereocenters. The molecule has 0 fully saturated rings. The Morgan fingerprint density at radius 2 is 1.83 bits per heavy atom. The van der Waals surface area contributed by atoms with Crippen molar-refractivity contribution in [3.8, 4) is 11.3 Å². The monoisotopic (exact) mass is 240 g/mol. The van der Waals surface area contributed by atoms with Gasteiger partial charge in [0, 0.05) is 10.9 Å². The molecule has 0 radical (unpaired) electrons. The molecule has 3 nitrogen and oxygen atoms in total. The molecular weight excluding hydrogens is 231 g/mol. The molecule has 3 aromatic rings. The first-order valence-electron chi connectivity index (χ1n) is 5.49. The largest absolute Gasteiger partial charge is 0.345 e. The predicted molar refractivity (Wildman–Crippen MR) is 67.8 cm³/mol. The third-order valence-corrected chi connectivity index (χ3v) is 2.74. The molecule has 2 aromatic carbocycles. The molecule has 0 aliphatic rings. The van der Waals surface area contributed by atoms with Gasteiger partial charge in [-0.25, -0.2) is 9.18 Å². The van der Waals surface area contributed by atoms with Gasteiger partial charge in [0.05, 0.1) is 11.2 Å². The molecule has 1 aromatic heterocycles. The van der Waals surface area contributed by atoms with Crippen molar-refractivity contribution in [3.63, 3.8) is 0 Å². The van der Waals surface area contributed by atoms with E-state index in [9.17, 15) is 9.18 Å². The number of benzene rings is 2. The Kier molecular flexibility index (Phi) is 2.41. The summed E-state index contributed by atoms with van der Waals surface area (Å²) in [6.45, 7) is 0. The molecule has 0 aliphatic carbocycles. The zero-order valence-electron chi connectivity index (χ0n) is 9.35. The maximum absolute atomic E-state index is 13.2. The van der Waals surface area contributed by atoms with Crippen LogP contribution in [0, 0.1) is 5.82 Å². The van der Waals surface area contributed by atoms with Crippen molar-refractivity contribution in [1.82, 2.24) is 9.97 Å². The van der Waals surface area contributed by atoms with E-state index in [2.05, 4.69) is 9.97 Å². The van der Waals surface area contributed by atoms with Crippen LogP contribution in [0.3, 0.4) is 0 Å². The van der Waals surface area contributed by atoms with Crippen LogP contribution in [0.2, 0.25) is 0 Å². The number of fused-ring (bicyclic) bond motifs is 1. The lowest BCUT2D eigenvalue weighted by Crippen LogP contribution is -2.11. The molecule has 1 N–H and O–H groups in total. The van der Waals surface area contributed by atoms with Gasteiger partial charge >= 0.3 is 5.69 Å². The van der Waals surface area contributed by atoms with Crippen molar-refractivity contribution < 1.29 is 4.39 Å². The summed E-state index contributed by atoms with van der Waals surface area (Å²) in [6.07, 6.45) is 0. The molecule has 0 unspecified atom stereocenters. The van der Waals surface area contributed by atoms with Gasteiger partial charge in [-0.05, 0) is 18.2 Å². The van der Waals surface area contributed by atoms with Gasteiger partial charge in [-0.15, -0.1) is 0 Å². The van der Waals surface area contributed by atoms with E-state index in [1.54, 1.807) is 6.07 Å². The van der Waals surface area contributed by atoms with Crippen molar-refractivity contribution in [2.75, 3.05) is 0 Å². The molecule has 18 heavy (non-hydrogen) atoms. The van der Waals surface area contributed by atoms with Crippen LogP contribution in [0.25, 0.3) is 22.2 Å². The zero-order valence-corrected chi connectivity index (χ0v) is 9.35. The minimum absolute atomic E-state index is 0.386. The van der Waals surface area contributed by atoms with Crippen LogP contribution in [0.1, 0.15) is 0 Å². The Hall–Kier alpha value is -2.49. The second-order valence-electron chi connectivity index (χ2n) is 3.95. The third-order valence-electron chi connectivity index (χ3n) is 2.74. The summed E-state index contributed by atoms with van der Waals surface area (Å²) in [5.74, 6) is -0.386. The van der Waals surface area contributed by atoms with Crippen LogP contribution in [0.5, 0.6) is 0 Å². The van der Waals surface area contributed by atoms with Gasteiger partial charge in [-0.3, -0.25) is 0 Å². The van der Waals surface area contributed by atoms with Crippen LogP contribution < -0.4 is 5.69 Å². The van der Waals surface area contributed by atoms with E-state index in [4.69, 9.17) is 0 Å². The first-order valence-corrected chi connectivity index (χ1v) is 5.49. The number of rotatable bonds is 1. The Labute approximate surface area is 102 Å². The van der Waals surface area contributed by atoms with Gasteiger partial charge in [-0.1, -0.05) is 30.3 Å². The maximum atomic E-state index is 13.2.